The summed E-state index contributed by atoms with van der Waals surface area (Å²) in [4.78, 5) is 0. The van der Waals surface area contributed by atoms with Gasteiger partial charge in [-0.05, 0) is 12.8 Å². The van der Waals surface area contributed by atoms with Crippen LogP contribution in [0.3, 0.4) is 0 Å². The lowest BCUT2D eigenvalue weighted by Crippen LogP contribution is -2.35. The Morgan fingerprint density at radius 1 is 0.857 bits per heavy atom. The summed E-state index contributed by atoms with van der Waals surface area (Å²) in [5.74, 6) is 0.660. The molecule has 21 heavy (non-hydrogen) atoms. The summed E-state index contributed by atoms with van der Waals surface area (Å²) in [7, 11) is 0. The van der Waals surface area contributed by atoms with Crippen LogP contribution in [0.4, 0.5) is 11.8 Å². The van der Waals surface area contributed by atoms with Crippen LogP contribution in [0.15, 0.2) is 21.4 Å². The summed E-state index contributed by atoms with van der Waals surface area (Å²) in [6.07, 6.45) is 7.35. The first-order valence-corrected chi connectivity index (χ1v) is 7.05. The Kier molecular flexibility index (Phi) is 5.95. The lowest BCUT2D eigenvalue weighted by Gasteiger charge is -2.00. The van der Waals surface area contributed by atoms with Crippen molar-refractivity contribution in [2.24, 2.45) is 0 Å². The highest BCUT2D eigenvalue weighted by atomic mass is 16.5. The van der Waals surface area contributed by atoms with Gasteiger partial charge in [-0.3, -0.25) is 9.05 Å². The monoisotopic (exact) mass is 298 g/mol. The molecular formula is C12H22N6O3+2. The Morgan fingerprint density at radius 3 is 2.00 bits per heavy atom. The minimum atomic E-state index is 0.322. The van der Waals surface area contributed by atoms with Gasteiger partial charge >= 0.3 is 0 Å². The van der Waals surface area contributed by atoms with Crippen LogP contribution in [0.25, 0.3) is 0 Å². The third-order valence-corrected chi connectivity index (χ3v) is 2.91. The minimum Gasteiger partial charge on any atom is -0.381 e. The molecule has 0 atom stereocenters. The summed E-state index contributed by atoms with van der Waals surface area (Å²) in [5, 5.41) is 7.51. The molecule has 0 fully saturated rings. The van der Waals surface area contributed by atoms with Gasteiger partial charge in [-0.15, -0.1) is 0 Å². The lowest BCUT2D eigenvalue weighted by atomic mass is 10.2. The average molecular weight is 298 g/mol. The van der Waals surface area contributed by atoms with Gasteiger partial charge in [0.05, 0.1) is 6.61 Å². The van der Waals surface area contributed by atoms with Crippen molar-refractivity contribution >= 4 is 11.8 Å². The van der Waals surface area contributed by atoms with Crippen molar-refractivity contribution in [3.63, 3.8) is 0 Å². The van der Waals surface area contributed by atoms with E-state index in [2.05, 4.69) is 10.5 Å². The van der Waals surface area contributed by atoms with Gasteiger partial charge in [0.25, 0.3) is 24.2 Å². The van der Waals surface area contributed by atoms with E-state index in [1.165, 1.54) is 0 Å². The molecule has 2 heterocycles. The molecule has 2 aromatic heterocycles. The van der Waals surface area contributed by atoms with E-state index in [9.17, 15) is 0 Å². The summed E-state index contributed by atoms with van der Waals surface area (Å²) in [6, 6.07) is 0. The van der Waals surface area contributed by atoms with Gasteiger partial charge in [-0.2, -0.15) is 0 Å². The third kappa shape index (κ3) is 5.78. The van der Waals surface area contributed by atoms with Gasteiger partial charge in [0.15, 0.2) is 13.1 Å². The largest absolute Gasteiger partial charge is 0.381 e. The van der Waals surface area contributed by atoms with Crippen LogP contribution < -0.4 is 20.8 Å². The molecule has 0 saturated heterocycles. The molecule has 0 spiro atoms. The van der Waals surface area contributed by atoms with Crippen LogP contribution in [-0.4, -0.2) is 23.8 Å². The van der Waals surface area contributed by atoms with E-state index in [1.807, 2.05) is 0 Å². The normalized spacial score (nSPS) is 11.0. The average Bonchev–Trinajstić information content (AvgIpc) is 3.06. The molecule has 2 rings (SSSR count). The van der Waals surface area contributed by atoms with Gasteiger partial charge < -0.3 is 16.2 Å². The molecule has 2 aromatic rings. The van der Waals surface area contributed by atoms with Crippen LogP contribution in [-0.2, 0) is 17.8 Å². The van der Waals surface area contributed by atoms with E-state index in [0.29, 0.717) is 18.4 Å². The van der Waals surface area contributed by atoms with Crippen molar-refractivity contribution in [1.29, 1.82) is 0 Å². The van der Waals surface area contributed by atoms with Crippen molar-refractivity contribution in [3.05, 3.63) is 12.4 Å². The molecule has 9 heteroatoms. The number of nitrogens with zero attached hydrogens (tertiary/aromatic N) is 4. The van der Waals surface area contributed by atoms with E-state index in [1.54, 1.807) is 21.8 Å². The molecule has 0 amide bonds. The quantitative estimate of drug-likeness (QED) is 0.455. The van der Waals surface area contributed by atoms with Crippen molar-refractivity contribution in [1.82, 2.24) is 10.5 Å². The Balaban J connectivity index is 1.40. The molecule has 0 aliphatic heterocycles. The van der Waals surface area contributed by atoms with E-state index in [-0.39, 0.29) is 0 Å². The van der Waals surface area contributed by atoms with Crippen LogP contribution in [0.1, 0.15) is 25.7 Å². The van der Waals surface area contributed by atoms with E-state index >= 15 is 0 Å². The number of aromatic nitrogens is 4. The molecule has 116 valence electrons. The van der Waals surface area contributed by atoms with Crippen LogP contribution >= 0.6 is 0 Å². The maximum atomic E-state index is 5.55. The minimum absolute atomic E-state index is 0.322. The number of ether oxygens (including phenoxy) is 1. The van der Waals surface area contributed by atoms with Crippen molar-refractivity contribution in [2.75, 3.05) is 24.7 Å². The van der Waals surface area contributed by atoms with Gasteiger partial charge in [-0.25, -0.2) is 0 Å². The highest BCUT2D eigenvalue weighted by Gasteiger charge is 2.08. The number of aryl methyl sites for hydroxylation is 2. The predicted molar refractivity (Wildman–Crippen MR) is 71.5 cm³/mol. The number of anilines is 2. The highest BCUT2D eigenvalue weighted by molar-refractivity contribution is 5.11. The number of hydrogen-bond donors (Lipinski definition) is 2. The molecule has 0 radical (unpaired) electrons. The first kappa shape index (κ1) is 15.2. The van der Waals surface area contributed by atoms with E-state index in [4.69, 9.17) is 25.3 Å². The zero-order chi connectivity index (χ0) is 14.9. The second-order valence-electron chi connectivity index (χ2n) is 4.76. The Hall–Kier alpha value is -2.16. The third-order valence-electron chi connectivity index (χ3n) is 2.91. The Bertz CT molecular complexity index is 480. The highest BCUT2D eigenvalue weighted by Crippen LogP contribution is 1.98. The molecule has 0 aliphatic carbocycles. The number of nitrogen functional groups attached to an aromatic ring is 2. The summed E-state index contributed by atoms with van der Waals surface area (Å²) < 4.78 is 18.4. The molecule has 0 aromatic carbocycles. The van der Waals surface area contributed by atoms with Crippen LogP contribution in [0.2, 0.25) is 0 Å². The maximum absolute atomic E-state index is 5.55. The first-order chi connectivity index (χ1) is 10.2. The lowest BCUT2D eigenvalue weighted by molar-refractivity contribution is -0.762. The number of rotatable bonds is 10. The molecule has 0 saturated carbocycles. The predicted octanol–water partition coefficient (Wildman–Crippen LogP) is -0.321. The molecule has 9 nitrogen and oxygen atoms in total. The fourth-order valence-electron chi connectivity index (χ4n) is 1.88. The zero-order valence-electron chi connectivity index (χ0n) is 12.0. The van der Waals surface area contributed by atoms with Gasteiger partial charge in [0, 0.05) is 19.4 Å². The second-order valence-corrected chi connectivity index (χ2v) is 4.76. The number of nitrogens with two attached hydrogens (primary N) is 2. The topological polar surface area (TPSA) is 121 Å². The summed E-state index contributed by atoms with van der Waals surface area (Å²) in [5.41, 5.74) is 10.9. The van der Waals surface area contributed by atoms with E-state index < -0.39 is 0 Å². The van der Waals surface area contributed by atoms with Gasteiger partial charge in [0.2, 0.25) is 10.5 Å². The smallest absolute Gasteiger partial charge is 0.293 e. The molecule has 0 bridgehead atoms. The van der Waals surface area contributed by atoms with Crippen molar-refractivity contribution in [2.45, 2.75) is 38.8 Å². The van der Waals surface area contributed by atoms with Gasteiger partial charge in [-0.1, -0.05) is 9.36 Å². The molecule has 0 aliphatic rings. The first-order valence-electron chi connectivity index (χ1n) is 7.05. The van der Waals surface area contributed by atoms with Crippen LogP contribution in [0.5, 0.6) is 0 Å². The van der Waals surface area contributed by atoms with Gasteiger partial charge in [0.1, 0.15) is 0 Å². The van der Waals surface area contributed by atoms with Crippen LogP contribution in [0, 0.1) is 0 Å². The SMILES string of the molecule is Nc1c[n+](CCCCCOCCC[n+]2cc(N)on2)no1. The molecule has 4 N–H and O–H groups in total. The molecular weight excluding hydrogens is 276 g/mol. The number of unbranched alkanes of at least 4 members (excludes halogenated alkanes) is 2. The summed E-state index contributed by atoms with van der Waals surface area (Å²) in [6.45, 7) is 3.02. The summed E-state index contributed by atoms with van der Waals surface area (Å²) >= 11 is 0. The van der Waals surface area contributed by atoms with E-state index in [0.717, 1.165) is 45.4 Å². The Labute approximate surface area is 122 Å². The molecule has 0 unspecified atom stereocenters. The maximum Gasteiger partial charge on any atom is 0.293 e. The standard InChI is InChI=1S/C12H22N6O3/c13-11-9-17(15-20-11)5-2-1-3-7-19-8-4-6-18-10-12(14)21-16-18/h9-10H,1-8,13-14H2/q+2. The second kappa shape index (κ2) is 8.20. The fourth-order valence-corrected chi connectivity index (χ4v) is 1.88. The zero-order valence-corrected chi connectivity index (χ0v) is 12.0. The Morgan fingerprint density at radius 2 is 1.43 bits per heavy atom. The fraction of sp³-hybridized carbons (Fsp3) is 0.667. The van der Waals surface area contributed by atoms with Crippen molar-refractivity contribution < 1.29 is 23.1 Å². The van der Waals surface area contributed by atoms with Crippen molar-refractivity contribution in [3.8, 4) is 0 Å². The number of hydrogen-bond acceptors (Lipinski definition) is 7.